The van der Waals surface area contributed by atoms with Gasteiger partial charge in [-0.3, -0.25) is 0 Å². The number of rotatable bonds is 7. The zero-order chi connectivity index (χ0) is 13.0. The number of hydrogen-bond donors (Lipinski definition) is 2. The van der Waals surface area contributed by atoms with Gasteiger partial charge in [-0.15, -0.1) is 0 Å². The predicted octanol–water partition coefficient (Wildman–Crippen LogP) is 1.76. The van der Waals surface area contributed by atoms with Crippen LogP contribution in [0.1, 0.15) is 19.3 Å². The van der Waals surface area contributed by atoms with Crippen LogP contribution < -0.4 is 10.2 Å². The summed E-state index contributed by atoms with van der Waals surface area (Å²) in [6.07, 6.45) is 3.30. The standard InChI is InChI=1S/C14H21FN2O/c1-17(14-4-2-3-11(15)9-14)8-7-13(10-18)16-12-5-6-12/h2-4,9,12-13,16,18H,5-8,10H2,1H3. The molecule has 1 aromatic rings. The third-order valence-electron chi connectivity index (χ3n) is 3.33. The van der Waals surface area contributed by atoms with Gasteiger partial charge in [0, 0.05) is 31.4 Å². The molecule has 1 aliphatic carbocycles. The van der Waals surface area contributed by atoms with Gasteiger partial charge in [0.1, 0.15) is 5.82 Å². The summed E-state index contributed by atoms with van der Waals surface area (Å²) in [6.45, 7) is 0.960. The monoisotopic (exact) mass is 252 g/mol. The summed E-state index contributed by atoms with van der Waals surface area (Å²) >= 11 is 0. The first-order valence-corrected chi connectivity index (χ1v) is 6.52. The van der Waals surface area contributed by atoms with Gasteiger partial charge in [-0.2, -0.15) is 0 Å². The van der Waals surface area contributed by atoms with Gasteiger partial charge in [0.05, 0.1) is 6.61 Å². The molecule has 0 aromatic heterocycles. The van der Waals surface area contributed by atoms with Crippen molar-refractivity contribution in [3.63, 3.8) is 0 Å². The van der Waals surface area contributed by atoms with Crippen molar-refractivity contribution in [2.75, 3.05) is 25.1 Å². The highest BCUT2D eigenvalue weighted by Gasteiger charge is 2.24. The molecule has 1 unspecified atom stereocenters. The summed E-state index contributed by atoms with van der Waals surface area (Å²) in [5.41, 5.74) is 0.873. The summed E-state index contributed by atoms with van der Waals surface area (Å²) in [4.78, 5) is 2.01. The fourth-order valence-corrected chi connectivity index (χ4v) is 2.00. The van der Waals surface area contributed by atoms with Crippen LogP contribution in [0.5, 0.6) is 0 Å². The maximum atomic E-state index is 13.1. The highest BCUT2D eigenvalue weighted by Crippen LogP contribution is 2.20. The van der Waals surface area contributed by atoms with Crippen LogP contribution >= 0.6 is 0 Å². The van der Waals surface area contributed by atoms with E-state index in [1.807, 2.05) is 18.0 Å². The van der Waals surface area contributed by atoms with Crippen LogP contribution in [0.4, 0.5) is 10.1 Å². The lowest BCUT2D eigenvalue weighted by molar-refractivity contribution is 0.235. The molecule has 0 aliphatic heterocycles. The van der Waals surface area contributed by atoms with Gasteiger partial charge < -0.3 is 15.3 Å². The van der Waals surface area contributed by atoms with Crippen molar-refractivity contribution in [1.29, 1.82) is 0 Å². The van der Waals surface area contributed by atoms with E-state index in [9.17, 15) is 9.50 Å². The highest BCUT2D eigenvalue weighted by atomic mass is 19.1. The first kappa shape index (κ1) is 13.3. The molecule has 0 amide bonds. The Balaban J connectivity index is 1.80. The van der Waals surface area contributed by atoms with Gasteiger partial charge >= 0.3 is 0 Å². The van der Waals surface area contributed by atoms with E-state index < -0.39 is 0 Å². The molecule has 0 radical (unpaired) electrons. The van der Waals surface area contributed by atoms with Crippen molar-refractivity contribution in [2.45, 2.75) is 31.3 Å². The Kier molecular flexibility index (Phi) is 4.55. The molecule has 100 valence electrons. The topological polar surface area (TPSA) is 35.5 Å². The molecular formula is C14H21FN2O. The molecule has 1 saturated carbocycles. The summed E-state index contributed by atoms with van der Waals surface area (Å²) in [5, 5.41) is 12.7. The van der Waals surface area contributed by atoms with E-state index in [1.54, 1.807) is 6.07 Å². The summed E-state index contributed by atoms with van der Waals surface area (Å²) in [6, 6.07) is 7.33. The van der Waals surface area contributed by atoms with Crippen LogP contribution in [-0.4, -0.2) is 37.4 Å². The average Bonchev–Trinajstić information content (AvgIpc) is 3.18. The molecule has 0 heterocycles. The molecule has 2 rings (SSSR count). The summed E-state index contributed by atoms with van der Waals surface area (Å²) in [5.74, 6) is -0.214. The third kappa shape index (κ3) is 3.96. The maximum Gasteiger partial charge on any atom is 0.125 e. The van der Waals surface area contributed by atoms with Crippen LogP contribution in [0, 0.1) is 5.82 Å². The molecule has 18 heavy (non-hydrogen) atoms. The fraction of sp³-hybridized carbons (Fsp3) is 0.571. The lowest BCUT2D eigenvalue weighted by Crippen LogP contribution is -2.37. The van der Waals surface area contributed by atoms with E-state index in [0.717, 1.165) is 18.7 Å². The van der Waals surface area contributed by atoms with Crippen molar-refractivity contribution in [3.8, 4) is 0 Å². The smallest absolute Gasteiger partial charge is 0.125 e. The van der Waals surface area contributed by atoms with E-state index in [2.05, 4.69) is 5.32 Å². The first-order chi connectivity index (χ1) is 8.69. The SMILES string of the molecule is CN(CCC(CO)NC1CC1)c1cccc(F)c1. The lowest BCUT2D eigenvalue weighted by Gasteiger charge is -2.23. The van der Waals surface area contributed by atoms with Crippen LogP contribution in [-0.2, 0) is 0 Å². The quantitative estimate of drug-likeness (QED) is 0.776. The number of anilines is 1. The highest BCUT2D eigenvalue weighted by molar-refractivity contribution is 5.45. The lowest BCUT2D eigenvalue weighted by atomic mass is 10.2. The second kappa shape index (κ2) is 6.16. The third-order valence-corrected chi connectivity index (χ3v) is 3.33. The van der Waals surface area contributed by atoms with E-state index >= 15 is 0 Å². The van der Waals surface area contributed by atoms with Gasteiger partial charge in [-0.05, 0) is 37.5 Å². The molecule has 1 aliphatic rings. The Morgan fingerprint density at radius 3 is 2.89 bits per heavy atom. The van der Waals surface area contributed by atoms with Gasteiger partial charge in [-0.1, -0.05) is 6.07 Å². The molecule has 4 heteroatoms. The number of benzene rings is 1. The minimum absolute atomic E-state index is 0.147. The predicted molar refractivity (Wildman–Crippen MR) is 71.3 cm³/mol. The maximum absolute atomic E-state index is 13.1. The minimum Gasteiger partial charge on any atom is -0.395 e. The van der Waals surface area contributed by atoms with Gasteiger partial charge in [0.25, 0.3) is 0 Å². The van der Waals surface area contributed by atoms with Gasteiger partial charge in [-0.25, -0.2) is 4.39 Å². The molecule has 2 N–H and O–H groups in total. The zero-order valence-electron chi connectivity index (χ0n) is 10.8. The molecule has 1 fully saturated rings. The van der Waals surface area contributed by atoms with Crippen LogP contribution in [0.25, 0.3) is 0 Å². The number of nitrogens with one attached hydrogen (secondary N) is 1. The number of aliphatic hydroxyl groups excluding tert-OH is 1. The van der Waals surface area contributed by atoms with Crippen LogP contribution in [0.2, 0.25) is 0 Å². The van der Waals surface area contributed by atoms with Gasteiger partial charge in [0.15, 0.2) is 0 Å². The Morgan fingerprint density at radius 1 is 1.50 bits per heavy atom. The summed E-state index contributed by atoms with van der Waals surface area (Å²) < 4.78 is 13.1. The normalized spacial score (nSPS) is 16.6. The molecule has 1 aromatic carbocycles. The molecule has 0 spiro atoms. The number of hydrogen-bond acceptors (Lipinski definition) is 3. The molecule has 1 atom stereocenters. The first-order valence-electron chi connectivity index (χ1n) is 6.52. The van der Waals surface area contributed by atoms with E-state index in [1.165, 1.54) is 25.0 Å². The van der Waals surface area contributed by atoms with Crippen LogP contribution in [0.15, 0.2) is 24.3 Å². The number of halogens is 1. The van der Waals surface area contributed by atoms with Crippen molar-refractivity contribution >= 4 is 5.69 Å². The Bertz CT molecular complexity index is 382. The Morgan fingerprint density at radius 2 is 2.28 bits per heavy atom. The van der Waals surface area contributed by atoms with Crippen molar-refractivity contribution < 1.29 is 9.50 Å². The zero-order valence-corrected chi connectivity index (χ0v) is 10.8. The van der Waals surface area contributed by atoms with Gasteiger partial charge in [0.2, 0.25) is 0 Å². The average molecular weight is 252 g/mol. The largest absolute Gasteiger partial charge is 0.395 e. The molecular weight excluding hydrogens is 231 g/mol. The fourth-order valence-electron chi connectivity index (χ4n) is 2.00. The minimum atomic E-state index is -0.214. The van der Waals surface area contributed by atoms with E-state index in [0.29, 0.717) is 6.04 Å². The molecule has 3 nitrogen and oxygen atoms in total. The second-order valence-electron chi connectivity index (χ2n) is 5.01. The van der Waals surface area contributed by atoms with Crippen molar-refractivity contribution in [2.24, 2.45) is 0 Å². The number of nitrogens with zero attached hydrogens (tertiary/aromatic N) is 1. The Hall–Kier alpha value is -1.13. The van der Waals surface area contributed by atoms with Crippen molar-refractivity contribution in [3.05, 3.63) is 30.1 Å². The number of aliphatic hydroxyl groups is 1. The second-order valence-corrected chi connectivity index (χ2v) is 5.01. The van der Waals surface area contributed by atoms with Crippen molar-refractivity contribution in [1.82, 2.24) is 5.32 Å². The Labute approximate surface area is 108 Å². The van der Waals surface area contributed by atoms with Crippen LogP contribution in [0.3, 0.4) is 0 Å². The van der Waals surface area contributed by atoms with E-state index in [4.69, 9.17) is 0 Å². The van der Waals surface area contributed by atoms with E-state index in [-0.39, 0.29) is 18.5 Å². The molecule has 0 bridgehead atoms. The summed E-state index contributed by atoms with van der Waals surface area (Å²) in [7, 11) is 1.94. The molecule has 0 saturated heterocycles.